The molecule has 1 aromatic heterocycles. The van der Waals surface area contributed by atoms with Gasteiger partial charge in [-0.1, -0.05) is 35.5 Å². The van der Waals surface area contributed by atoms with Gasteiger partial charge in [-0.25, -0.2) is 4.68 Å². The standard InChI is InChI=1S/C20H16N4O/c1-14-13-21-23-24(14)19-10-7-16(8-11-19)20(25)22-18-9-6-15-4-2-3-5-17(15)12-18/h2-13H,1H3,(H,22,25). The maximum Gasteiger partial charge on any atom is 0.255 e. The van der Waals surface area contributed by atoms with Crippen molar-refractivity contribution >= 4 is 22.4 Å². The highest BCUT2D eigenvalue weighted by molar-refractivity contribution is 6.05. The molecule has 4 aromatic rings. The zero-order valence-electron chi connectivity index (χ0n) is 13.7. The normalized spacial score (nSPS) is 10.8. The predicted octanol–water partition coefficient (Wildman–Crippen LogP) is 3.98. The Hall–Kier alpha value is -3.47. The number of aromatic nitrogens is 3. The summed E-state index contributed by atoms with van der Waals surface area (Å²) >= 11 is 0. The SMILES string of the molecule is Cc1cnnn1-c1ccc(C(=O)Nc2ccc3ccccc3c2)cc1. The lowest BCUT2D eigenvalue weighted by Crippen LogP contribution is -2.12. The largest absolute Gasteiger partial charge is 0.322 e. The number of carbonyl (C=O) groups excluding carboxylic acids is 1. The average molecular weight is 328 g/mol. The monoisotopic (exact) mass is 328 g/mol. The molecule has 0 fully saturated rings. The van der Waals surface area contributed by atoms with Crippen molar-refractivity contribution in [2.24, 2.45) is 0 Å². The topological polar surface area (TPSA) is 59.8 Å². The number of hydrogen-bond acceptors (Lipinski definition) is 3. The molecule has 0 spiro atoms. The van der Waals surface area contributed by atoms with Crippen molar-refractivity contribution in [1.29, 1.82) is 0 Å². The number of nitrogens with one attached hydrogen (secondary N) is 1. The van der Waals surface area contributed by atoms with Crippen LogP contribution >= 0.6 is 0 Å². The Labute approximate surface area is 144 Å². The highest BCUT2D eigenvalue weighted by atomic mass is 16.1. The number of aryl methyl sites for hydroxylation is 1. The summed E-state index contributed by atoms with van der Waals surface area (Å²) in [5, 5.41) is 13.1. The summed E-state index contributed by atoms with van der Waals surface area (Å²) in [6, 6.07) is 21.2. The molecule has 3 aromatic carbocycles. The van der Waals surface area contributed by atoms with Crippen molar-refractivity contribution < 1.29 is 4.79 Å². The summed E-state index contributed by atoms with van der Waals surface area (Å²) in [6.45, 7) is 1.93. The van der Waals surface area contributed by atoms with Gasteiger partial charge < -0.3 is 5.32 Å². The van der Waals surface area contributed by atoms with Gasteiger partial charge >= 0.3 is 0 Å². The number of hydrogen-bond donors (Lipinski definition) is 1. The Morgan fingerprint density at radius 1 is 0.960 bits per heavy atom. The molecule has 5 nitrogen and oxygen atoms in total. The number of nitrogens with zero attached hydrogens (tertiary/aromatic N) is 3. The quantitative estimate of drug-likeness (QED) is 0.619. The Bertz CT molecular complexity index is 1050. The first kappa shape index (κ1) is 15.1. The molecule has 0 saturated heterocycles. The molecule has 0 radical (unpaired) electrons. The van der Waals surface area contributed by atoms with E-state index in [1.165, 1.54) is 0 Å². The molecule has 1 heterocycles. The van der Waals surface area contributed by atoms with Gasteiger partial charge in [0.25, 0.3) is 5.91 Å². The number of fused-ring (bicyclic) bond motifs is 1. The third-order valence-corrected chi connectivity index (χ3v) is 4.10. The maximum atomic E-state index is 12.5. The second-order valence-corrected chi connectivity index (χ2v) is 5.85. The number of amides is 1. The third-order valence-electron chi connectivity index (χ3n) is 4.10. The molecule has 0 aliphatic rings. The first-order valence-electron chi connectivity index (χ1n) is 7.98. The molecule has 0 bridgehead atoms. The molecular formula is C20H16N4O. The minimum absolute atomic E-state index is 0.142. The highest BCUT2D eigenvalue weighted by Gasteiger charge is 2.08. The third kappa shape index (κ3) is 2.99. The fraction of sp³-hybridized carbons (Fsp3) is 0.0500. The molecule has 25 heavy (non-hydrogen) atoms. The van der Waals surface area contributed by atoms with Crippen LogP contribution in [0.25, 0.3) is 16.5 Å². The first-order chi connectivity index (χ1) is 12.2. The van der Waals surface area contributed by atoms with Gasteiger partial charge in [0.05, 0.1) is 17.6 Å². The molecule has 0 unspecified atom stereocenters. The summed E-state index contributed by atoms with van der Waals surface area (Å²) in [6.07, 6.45) is 1.69. The predicted molar refractivity (Wildman–Crippen MR) is 98.0 cm³/mol. The average Bonchev–Trinajstić information content (AvgIpc) is 3.08. The number of carbonyl (C=O) groups is 1. The van der Waals surface area contributed by atoms with Crippen molar-refractivity contribution in [2.75, 3.05) is 5.32 Å². The van der Waals surface area contributed by atoms with Gasteiger partial charge in [-0.3, -0.25) is 4.79 Å². The van der Waals surface area contributed by atoms with E-state index in [0.29, 0.717) is 5.56 Å². The first-order valence-corrected chi connectivity index (χ1v) is 7.98. The highest BCUT2D eigenvalue weighted by Crippen LogP contribution is 2.19. The molecule has 0 aliphatic heterocycles. The fourth-order valence-corrected chi connectivity index (χ4v) is 2.77. The second-order valence-electron chi connectivity index (χ2n) is 5.85. The summed E-state index contributed by atoms with van der Waals surface area (Å²) in [7, 11) is 0. The number of rotatable bonds is 3. The van der Waals surface area contributed by atoms with Crippen LogP contribution in [0.3, 0.4) is 0 Å². The summed E-state index contributed by atoms with van der Waals surface area (Å²) in [4.78, 5) is 12.5. The lowest BCUT2D eigenvalue weighted by atomic mass is 10.1. The van der Waals surface area contributed by atoms with Gasteiger partial charge in [0.15, 0.2) is 0 Å². The Morgan fingerprint density at radius 3 is 2.44 bits per heavy atom. The van der Waals surface area contributed by atoms with Crippen LogP contribution < -0.4 is 5.32 Å². The van der Waals surface area contributed by atoms with Crippen molar-refractivity contribution in [1.82, 2.24) is 15.0 Å². The summed E-state index contributed by atoms with van der Waals surface area (Å²) in [5.41, 5.74) is 3.18. The van der Waals surface area contributed by atoms with Crippen LogP contribution in [0, 0.1) is 6.92 Å². The molecular weight excluding hydrogens is 312 g/mol. The van der Waals surface area contributed by atoms with Gasteiger partial charge in [0, 0.05) is 11.3 Å². The van der Waals surface area contributed by atoms with Crippen LogP contribution in [-0.4, -0.2) is 20.9 Å². The van der Waals surface area contributed by atoms with E-state index < -0.39 is 0 Å². The van der Waals surface area contributed by atoms with Crippen LogP contribution in [0.4, 0.5) is 5.69 Å². The van der Waals surface area contributed by atoms with Gasteiger partial charge in [0.1, 0.15) is 0 Å². The van der Waals surface area contributed by atoms with Crippen LogP contribution in [0.1, 0.15) is 16.1 Å². The van der Waals surface area contributed by atoms with Gasteiger partial charge in [-0.2, -0.15) is 0 Å². The van der Waals surface area contributed by atoms with Crippen molar-refractivity contribution in [3.63, 3.8) is 0 Å². The molecule has 5 heteroatoms. The molecule has 0 aliphatic carbocycles. The minimum atomic E-state index is -0.142. The fourth-order valence-electron chi connectivity index (χ4n) is 2.77. The van der Waals surface area contributed by atoms with E-state index in [1.54, 1.807) is 23.0 Å². The lowest BCUT2D eigenvalue weighted by molar-refractivity contribution is 0.102. The van der Waals surface area contributed by atoms with E-state index >= 15 is 0 Å². The van der Waals surface area contributed by atoms with Crippen LogP contribution in [0.2, 0.25) is 0 Å². The van der Waals surface area contributed by atoms with Gasteiger partial charge in [-0.05, 0) is 54.1 Å². The van der Waals surface area contributed by atoms with Crippen LogP contribution in [-0.2, 0) is 0 Å². The Morgan fingerprint density at radius 2 is 1.72 bits per heavy atom. The molecule has 1 N–H and O–H groups in total. The van der Waals surface area contributed by atoms with Gasteiger partial charge in [0.2, 0.25) is 0 Å². The number of benzene rings is 3. The maximum absolute atomic E-state index is 12.5. The van der Waals surface area contributed by atoms with E-state index in [1.807, 2.05) is 61.5 Å². The van der Waals surface area contributed by atoms with Crippen molar-refractivity contribution in [3.05, 3.63) is 84.2 Å². The lowest BCUT2D eigenvalue weighted by Gasteiger charge is -2.08. The molecule has 0 atom stereocenters. The molecule has 4 rings (SSSR count). The van der Waals surface area contributed by atoms with Crippen LogP contribution in [0.15, 0.2) is 72.9 Å². The zero-order valence-corrected chi connectivity index (χ0v) is 13.7. The number of anilines is 1. The molecule has 0 saturated carbocycles. The Kier molecular flexibility index (Phi) is 3.74. The minimum Gasteiger partial charge on any atom is -0.322 e. The van der Waals surface area contributed by atoms with Crippen molar-refractivity contribution in [2.45, 2.75) is 6.92 Å². The summed E-state index contributed by atoms with van der Waals surface area (Å²) < 4.78 is 1.73. The second kappa shape index (κ2) is 6.20. The van der Waals surface area contributed by atoms with E-state index in [-0.39, 0.29) is 5.91 Å². The summed E-state index contributed by atoms with van der Waals surface area (Å²) in [5.74, 6) is -0.142. The molecule has 1 amide bonds. The van der Waals surface area contributed by atoms with E-state index in [4.69, 9.17) is 0 Å². The van der Waals surface area contributed by atoms with E-state index in [0.717, 1.165) is 27.8 Å². The smallest absolute Gasteiger partial charge is 0.255 e. The van der Waals surface area contributed by atoms with Gasteiger partial charge in [-0.15, -0.1) is 5.10 Å². The van der Waals surface area contributed by atoms with E-state index in [2.05, 4.69) is 15.6 Å². The van der Waals surface area contributed by atoms with E-state index in [9.17, 15) is 4.79 Å². The van der Waals surface area contributed by atoms with Crippen LogP contribution in [0.5, 0.6) is 0 Å². The molecule has 122 valence electrons. The zero-order chi connectivity index (χ0) is 17.2. The Balaban J connectivity index is 1.55. The van der Waals surface area contributed by atoms with Crippen molar-refractivity contribution in [3.8, 4) is 5.69 Å².